The molecular weight excluding hydrogens is 280 g/mol. The average molecular weight is 302 g/mol. The van der Waals surface area contributed by atoms with Crippen molar-refractivity contribution >= 4 is 21.4 Å². The van der Waals surface area contributed by atoms with Crippen molar-refractivity contribution in [2.24, 2.45) is 11.1 Å². The Bertz CT molecular complexity index is 513. The molecule has 3 N–H and O–H groups in total. The van der Waals surface area contributed by atoms with Gasteiger partial charge in [-0.25, -0.2) is 13.1 Å². The van der Waals surface area contributed by atoms with Crippen molar-refractivity contribution in [3.8, 4) is 0 Å². The Labute approximate surface area is 119 Å². The van der Waals surface area contributed by atoms with Crippen molar-refractivity contribution in [2.75, 3.05) is 13.1 Å². The molecule has 0 amide bonds. The summed E-state index contributed by atoms with van der Waals surface area (Å²) in [5, 5.41) is 0. The smallest absolute Gasteiger partial charge is 0.250 e. The van der Waals surface area contributed by atoms with Crippen LogP contribution in [0, 0.1) is 5.41 Å². The van der Waals surface area contributed by atoms with E-state index in [4.69, 9.17) is 5.73 Å². The Morgan fingerprint density at radius 2 is 2.16 bits per heavy atom. The molecule has 1 aliphatic carbocycles. The van der Waals surface area contributed by atoms with Crippen molar-refractivity contribution in [1.82, 2.24) is 4.72 Å². The third-order valence-corrected chi connectivity index (χ3v) is 7.13. The summed E-state index contributed by atoms with van der Waals surface area (Å²) in [6.45, 7) is 3.25. The van der Waals surface area contributed by atoms with Gasteiger partial charge in [-0.15, -0.1) is 11.3 Å². The highest BCUT2D eigenvalue weighted by atomic mass is 32.2. The molecule has 2 rings (SSSR count). The monoisotopic (exact) mass is 302 g/mol. The molecule has 108 valence electrons. The van der Waals surface area contributed by atoms with E-state index >= 15 is 0 Å². The summed E-state index contributed by atoms with van der Waals surface area (Å²) in [5.41, 5.74) is 5.68. The van der Waals surface area contributed by atoms with E-state index in [1.54, 1.807) is 6.07 Å². The summed E-state index contributed by atoms with van der Waals surface area (Å²) < 4.78 is 27.6. The summed E-state index contributed by atoms with van der Waals surface area (Å²) in [6.07, 6.45) is 5.26. The van der Waals surface area contributed by atoms with E-state index < -0.39 is 10.0 Å². The maximum absolute atomic E-state index is 12.2. The molecule has 0 saturated heterocycles. The van der Waals surface area contributed by atoms with Crippen molar-refractivity contribution in [1.29, 1.82) is 0 Å². The highest BCUT2D eigenvalue weighted by Crippen LogP contribution is 2.43. The first-order valence-electron chi connectivity index (χ1n) is 6.80. The molecular formula is C13H22N2O2S2. The van der Waals surface area contributed by atoms with Crippen LogP contribution in [0.5, 0.6) is 0 Å². The second-order valence-corrected chi connectivity index (χ2v) is 8.45. The summed E-state index contributed by atoms with van der Waals surface area (Å²) in [7, 11) is -3.35. The Balaban J connectivity index is 2.01. The van der Waals surface area contributed by atoms with E-state index in [0.717, 1.165) is 30.6 Å². The van der Waals surface area contributed by atoms with Crippen LogP contribution in [-0.4, -0.2) is 21.5 Å². The second kappa shape index (κ2) is 5.91. The van der Waals surface area contributed by atoms with Gasteiger partial charge in [0.1, 0.15) is 4.21 Å². The Morgan fingerprint density at radius 3 is 2.68 bits per heavy atom. The van der Waals surface area contributed by atoms with Crippen LogP contribution in [0.25, 0.3) is 0 Å². The van der Waals surface area contributed by atoms with Gasteiger partial charge < -0.3 is 5.73 Å². The fourth-order valence-corrected chi connectivity index (χ4v) is 5.00. The number of hydrogen-bond donors (Lipinski definition) is 2. The maximum atomic E-state index is 12.2. The lowest BCUT2D eigenvalue weighted by atomic mass is 9.67. The molecule has 0 bridgehead atoms. The molecule has 0 unspecified atom stereocenters. The number of rotatable bonds is 7. The zero-order valence-electron chi connectivity index (χ0n) is 11.3. The predicted octanol–water partition coefficient (Wildman–Crippen LogP) is 2.11. The zero-order chi connectivity index (χ0) is 13.9. The largest absolute Gasteiger partial charge is 0.330 e. The van der Waals surface area contributed by atoms with Crippen molar-refractivity contribution in [3.05, 3.63) is 17.0 Å². The van der Waals surface area contributed by atoms with Crippen molar-refractivity contribution in [3.63, 3.8) is 0 Å². The number of sulfonamides is 1. The minimum Gasteiger partial charge on any atom is -0.330 e. The van der Waals surface area contributed by atoms with Gasteiger partial charge >= 0.3 is 0 Å². The third-order valence-electron chi connectivity index (χ3n) is 4.09. The van der Waals surface area contributed by atoms with Gasteiger partial charge in [0.15, 0.2) is 0 Å². The first-order chi connectivity index (χ1) is 9.01. The van der Waals surface area contributed by atoms with Gasteiger partial charge in [0.2, 0.25) is 10.0 Å². The van der Waals surface area contributed by atoms with E-state index in [9.17, 15) is 8.42 Å². The SMILES string of the molecule is CCC1(CNS(=O)(=O)c2ccc(CCN)s2)CCC1. The van der Waals surface area contributed by atoms with Gasteiger partial charge in [-0.2, -0.15) is 0 Å². The van der Waals surface area contributed by atoms with Crippen LogP contribution in [0.15, 0.2) is 16.3 Å². The van der Waals surface area contributed by atoms with E-state index in [-0.39, 0.29) is 5.41 Å². The summed E-state index contributed by atoms with van der Waals surface area (Å²) >= 11 is 1.32. The fourth-order valence-electron chi connectivity index (χ4n) is 2.43. The lowest BCUT2D eigenvalue weighted by Crippen LogP contribution is -2.41. The second-order valence-electron chi connectivity index (χ2n) is 5.29. The minimum absolute atomic E-state index is 0.199. The lowest BCUT2D eigenvalue weighted by molar-refractivity contribution is 0.133. The Hall–Kier alpha value is -0.430. The average Bonchev–Trinajstić information content (AvgIpc) is 2.78. The quantitative estimate of drug-likeness (QED) is 0.810. The normalized spacial score (nSPS) is 18.2. The van der Waals surface area contributed by atoms with Gasteiger partial charge in [-0.3, -0.25) is 0 Å². The Kier molecular flexibility index (Phi) is 4.66. The number of hydrogen-bond acceptors (Lipinski definition) is 4. The van der Waals surface area contributed by atoms with Gasteiger partial charge in [0.05, 0.1) is 0 Å². The standard InChI is InChI=1S/C13H22N2O2S2/c1-2-13(7-3-8-13)10-15-19(16,17)12-5-4-11(18-12)6-9-14/h4-5,15H,2-3,6-10,14H2,1H3. The molecule has 1 fully saturated rings. The first kappa shape index (κ1) is 15.0. The number of thiophene rings is 1. The van der Waals surface area contributed by atoms with Crippen LogP contribution in [0.4, 0.5) is 0 Å². The minimum atomic E-state index is -3.35. The van der Waals surface area contributed by atoms with Crippen LogP contribution in [0.1, 0.15) is 37.5 Å². The molecule has 4 nitrogen and oxygen atoms in total. The highest BCUT2D eigenvalue weighted by Gasteiger charge is 2.36. The molecule has 0 aromatic carbocycles. The highest BCUT2D eigenvalue weighted by molar-refractivity contribution is 7.91. The molecule has 1 aliphatic rings. The van der Waals surface area contributed by atoms with E-state index in [1.807, 2.05) is 6.07 Å². The molecule has 0 aliphatic heterocycles. The van der Waals surface area contributed by atoms with Crippen LogP contribution in [0.3, 0.4) is 0 Å². The summed E-state index contributed by atoms with van der Waals surface area (Å²) in [4.78, 5) is 1.02. The lowest BCUT2D eigenvalue weighted by Gasteiger charge is -2.41. The summed E-state index contributed by atoms with van der Waals surface area (Å²) in [5.74, 6) is 0. The molecule has 1 heterocycles. The molecule has 1 aromatic rings. The van der Waals surface area contributed by atoms with Crippen LogP contribution < -0.4 is 10.5 Å². The van der Waals surface area contributed by atoms with Crippen LogP contribution >= 0.6 is 11.3 Å². The van der Waals surface area contributed by atoms with Gasteiger partial charge in [0, 0.05) is 11.4 Å². The Morgan fingerprint density at radius 1 is 1.42 bits per heavy atom. The van der Waals surface area contributed by atoms with Crippen LogP contribution in [0.2, 0.25) is 0 Å². The van der Waals surface area contributed by atoms with Crippen molar-refractivity contribution < 1.29 is 8.42 Å². The molecule has 6 heteroatoms. The molecule has 1 aromatic heterocycles. The fraction of sp³-hybridized carbons (Fsp3) is 0.692. The maximum Gasteiger partial charge on any atom is 0.250 e. The number of nitrogens with two attached hydrogens (primary N) is 1. The van der Waals surface area contributed by atoms with E-state index in [0.29, 0.717) is 17.3 Å². The molecule has 0 radical (unpaired) electrons. The van der Waals surface area contributed by atoms with Gasteiger partial charge in [-0.1, -0.05) is 13.3 Å². The molecule has 0 atom stereocenters. The zero-order valence-corrected chi connectivity index (χ0v) is 12.9. The van der Waals surface area contributed by atoms with Crippen molar-refractivity contribution in [2.45, 2.75) is 43.2 Å². The number of nitrogens with one attached hydrogen (secondary N) is 1. The van der Waals surface area contributed by atoms with E-state index in [1.165, 1.54) is 17.8 Å². The van der Waals surface area contributed by atoms with Gasteiger partial charge in [0.25, 0.3) is 0 Å². The third kappa shape index (κ3) is 3.37. The molecule has 1 saturated carbocycles. The molecule has 0 spiro atoms. The van der Waals surface area contributed by atoms with Crippen LogP contribution in [-0.2, 0) is 16.4 Å². The predicted molar refractivity (Wildman–Crippen MR) is 78.8 cm³/mol. The summed E-state index contributed by atoms with van der Waals surface area (Å²) in [6, 6.07) is 3.53. The molecule has 19 heavy (non-hydrogen) atoms. The topological polar surface area (TPSA) is 72.2 Å². The van der Waals surface area contributed by atoms with Gasteiger partial charge in [-0.05, 0) is 49.8 Å². The first-order valence-corrected chi connectivity index (χ1v) is 9.10. The van der Waals surface area contributed by atoms with E-state index in [2.05, 4.69) is 11.6 Å².